The van der Waals surface area contributed by atoms with Gasteiger partial charge in [-0.15, -0.1) is 0 Å². The van der Waals surface area contributed by atoms with E-state index in [1.165, 1.54) is 0 Å². The standard InChI is InChI=1S/C2H4O2.Mn.4H2O/c1-2(3)4;;;;;/h1H3,(H,3,4);;4*1H2/q;+2;;;;. The first-order valence-corrected chi connectivity index (χ1v) is 0.928. The molecule has 0 aliphatic carbocycles. The fraction of sp³-hybridized carbons (Fsp3) is 0.500. The van der Waals surface area contributed by atoms with Crippen molar-refractivity contribution in [3.8, 4) is 0 Å². The Morgan fingerprint density at radius 1 is 1.11 bits per heavy atom. The molecule has 9 heavy (non-hydrogen) atoms. The van der Waals surface area contributed by atoms with Gasteiger partial charge in [0.15, 0.2) is 0 Å². The molecule has 0 aromatic carbocycles. The predicted octanol–water partition coefficient (Wildman–Crippen LogP) is -3.21. The van der Waals surface area contributed by atoms with Crippen molar-refractivity contribution in [3.05, 3.63) is 0 Å². The number of rotatable bonds is 0. The number of hydrogen-bond donors (Lipinski definition) is 1. The van der Waals surface area contributed by atoms with E-state index < -0.39 is 5.97 Å². The Morgan fingerprint density at radius 3 is 1.11 bits per heavy atom. The average molecular weight is 187 g/mol. The van der Waals surface area contributed by atoms with Crippen LogP contribution in [0.2, 0.25) is 0 Å². The second kappa shape index (κ2) is 45.6. The summed E-state index contributed by atoms with van der Waals surface area (Å²) < 4.78 is 0. The monoisotopic (exact) mass is 187 g/mol. The molecule has 0 amide bonds. The van der Waals surface area contributed by atoms with Crippen LogP contribution in [0.25, 0.3) is 0 Å². The van der Waals surface area contributed by atoms with Crippen molar-refractivity contribution >= 4 is 5.97 Å². The van der Waals surface area contributed by atoms with Crippen LogP contribution in [0.1, 0.15) is 6.92 Å². The minimum Gasteiger partial charge on any atom is -0.481 e. The number of carboxylic acids is 1. The fourth-order valence-corrected chi connectivity index (χ4v) is 0. The molecule has 0 bridgehead atoms. The molecule has 0 aliphatic heterocycles. The summed E-state index contributed by atoms with van der Waals surface area (Å²) in [5, 5.41) is 7.42. The summed E-state index contributed by atoms with van der Waals surface area (Å²) in [6.07, 6.45) is 0. The van der Waals surface area contributed by atoms with Crippen molar-refractivity contribution in [2.24, 2.45) is 0 Å². The third-order valence-corrected chi connectivity index (χ3v) is 0. The first-order chi connectivity index (χ1) is 1.73. The molecule has 61 valence electrons. The van der Waals surface area contributed by atoms with E-state index in [1.54, 1.807) is 0 Å². The van der Waals surface area contributed by atoms with Crippen LogP contribution in [0.3, 0.4) is 0 Å². The van der Waals surface area contributed by atoms with Crippen molar-refractivity contribution < 1.29 is 48.9 Å². The molecule has 0 fully saturated rings. The zero-order valence-corrected chi connectivity index (χ0v) is 5.91. The van der Waals surface area contributed by atoms with Crippen LogP contribution in [0.15, 0.2) is 0 Å². The van der Waals surface area contributed by atoms with Crippen LogP contribution in [0.5, 0.6) is 0 Å². The first-order valence-electron chi connectivity index (χ1n) is 0.928. The molecule has 0 spiro atoms. The molecule has 0 rings (SSSR count). The number of aliphatic carboxylic acids is 1. The molecule has 9 N–H and O–H groups in total. The molecule has 0 aromatic rings. The van der Waals surface area contributed by atoms with Crippen LogP contribution in [-0.2, 0) is 21.9 Å². The van der Waals surface area contributed by atoms with Crippen molar-refractivity contribution in [1.29, 1.82) is 0 Å². The van der Waals surface area contributed by atoms with E-state index >= 15 is 0 Å². The van der Waals surface area contributed by atoms with Gasteiger partial charge in [0.1, 0.15) is 0 Å². The Kier molecular flexibility index (Phi) is 343. The van der Waals surface area contributed by atoms with Crippen molar-refractivity contribution in [2.45, 2.75) is 6.92 Å². The summed E-state index contributed by atoms with van der Waals surface area (Å²) in [6.45, 7) is 1.08. The molecule has 1 radical (unpaired) electrons. The Balaban J connectivity index is -0.00000000450. The predicted molar refractivity (Wildman–Crippen MR) is 27.8 cm³/mol. The van der Waals surface area contributed by atoms with Gasteiger partial charge in [-0.3, -0.25) is 4.79 Å². The van der Waals surface area contributed by atoms with Crippen molar-refractivity contribution in [1.82, 2.24) is 0 Å². The smallest absolute Gasteiger partial charge is 0.481 e. The Hall–Kier alpha value is -0.171. The van der Waals surface area contributed by atoms with Gasteiger partial charge in [0.2, 0.25) is 0 Å². The van der Waals surface area contributed by atoms with E-state index in [-0.39, 0.29) is 39.0 Å². The summed E-state index contributed by atoms with van der Waals surface area (Å²) in [5.74, 6) is -0.833. The molecule has 6 nitrogen and oxygen atoms in total. The van der Waals surface area contributed by atoms with E-state index in [0.717, 1.165) is 6.92 Å². The minimum atomic E-state index is -0.833. The summed E-state index contributed by atoms with van der Waals surface area (Å²) in [4.78, 5) is 9.00. The van der Waals surface area contributed by atoms with E-state index in [2.05, 4.69) is 0 Å². The van der Waals surface area contributed by atoms with Gasteiger partial charge in [-0.05, 0) is 0 Å². The fourth-order valence-electron chi connectivity index (χ4n) is 0. The van der Waals surface area contributed by atoms with E-state index in [1.807, 2.05) is 0 Å². The summed E-state index contributed by atoms with van der Waals surface area (Å²) >= 11 is 0. The van der Waals surface area contributed by atoms with Gasteiger partial charge < -0.3 is 27.0 Å². The minimum absolute atomic E-state index is 0. The zero-order chi connectivity index (χ0) is 3.58. The molecule has 0 atom stereocenters. The molecule has 0 saturated heterocycles. The summed E-state index contributed by atoms with van der Waals surface area (Å²) in [6, 6.07) is 0. The topological polar surface area (TPSA) is 163 Å². The Bertz CT molecular complexity index is 34.0. The summed E-state index contributed by atoms with van der Waals surface area (Å²) in [7, 11) is 0. The molecule has 7 heteroatoms. The maximum absolute atomic E-state index is 9.00. The maximum atomic E-state index is 9.00. The average Bonchev–Trinajstić information content (AvgIpc) is 0.811. The van der Waals surface area contributed by atoms with Gasteiger partial charge >= 0.3 is 17.1 Å². The van der Waals surface area contributed by atoms with Crippen LogP contribution in [-0.4, -0.2) is 33.0 Å². The third kappa shape index (κ3) is 9150. The molecule has 0 aliphatic rings. The van der Waals surface area contributed by atoms with Gasteiger partial charge in [0.05, 0.1) is 0 Å². The molecule has 0 aromatic heterocycles. The van der Waals surface area contributed by atoms with Crippen LogP contribution >= 0.6 is 0 Å². The number of carbonyl (C=O) groups is 1. The van der Waals surface area contributed by atoms with Crippen LogP contribution in [0, 0.1) is 0 Å². The van der Waals surface area contributed by atoms with Crippen molar-refractivity contribution in [2.75, 3.05) is 0 Å². The number of carboxylic acid groups (broad SMARTS) is 1. The Morgan fingerprint density at radius 2 is 1.11 bits per heavy atom. The van der Waals surface area contributed by atoms with E-state index in [4.69, 9.17) is 9.90 Å². The van der Waals surface area contributed by atoms with E-state index in [0.29, 0.717) is 0 Å². The first kappa shape index (κ1) is 67.6. The van der Waals surface area contributed by atoms with Crippen LogP contribution in [0.4, 0.5) is 0 Å². The van der Waals surface area contributed by atoms with Gasteiger partial charge in [-0.25, -0.2) is 0 Å². The Labute approximate surface area is 62.6 Å². The summed E-state index contributed by atoms with van der Waals surface area (Å²) in [5.41, 5.74) is 0. The van der Waals surface area contributed by atoms with Gasteiger partial charge in [-0.2, -0.15) is 0 Å². The zero-order valence-electron chi connectivity index (χ0n) is 4.73. The van der Waals surface area contributed by atoms with Gasteiger partial charge in [0.25, 0.3) is 5.97 Å². The quantitative estimate of drug-likeness (QED) is 0.395. The molecule has 0 saturated carbocycles. The molecule has 0 heterocycles. The van der Waals surface area contributed by atoms with E-state index in [9.17, 15) is 0 Å². The SMILES string of the molecule is CC(=O)O.O.O.O.O.[Mn+2]. The van der Waals surface area contributed by atoms with Gasteiger partial charge in [0, 0.05) is 6.92 Å². The molecule has 0 unspecified atom stereocenters. The number of hydrogen-bond acceptors (Lipinski definition) is 1. The van der Waals surface area contributed by atoms with Crippen LogP contribution < -0.4 is 0 Å². The molecular weight excluding hydrogens is 175 g/mol. The second-order valence-corrected chi connectivity index (χ2v) is 0.519. The molecular formula is C2H12MnO6+2. The normalized spacial score (nSPS) is 2.78. The van der Waals surface area contributed by atoms with Gasteiger partial charge in [-0.1, -0.05) is 0 Å². The second-order valence-electron chi connectivity index (χ2n) is 0.519. The van der Waals surface area contributed by atoms with Crippen molar-refractivity contribution in [3.63, 3.8) is 0 Å². The largest absolute Gasteiger partial charge is 2.00 e. The maximum Gasteiger partial charge on any atom is 2.00 e. The third-order valence-electron chi connectivity index (χ3n) is 0.